The lowest BCUT2D eigenvalue weighted by Crippen LogP contribution is -2.15. The third kappa shape index (κ3) is 6.19. The summed E-state index contributed by atoms with van der Waals surface area (Å²) in [5.74, 6) is 2.92. The maximum atomic E-state index is 13.9. The maximum Gasteiger partial charge on any atom is 0.126 e. The monoisotopic (exact) mass is 370 g/mol. The van der Waals surface area contributed by atoms with Gasteiger partial charge in [-0.25, -0.2) is 4.39 Å². The Morgan fingerprint density at radius 2 is 1.63 bits per heavy atom. The van der Waals surface area contributed by atoms with E-state index in [1.165, 1.54) is 64.2 Å². The number of benzene rings is 1. The summed E-state index contributed by atoms with van der Waals surface area (Å²) in [7, 11) is 0. The van der Waals surface area contributed by atoms with Crippen LogP contribution in [-0.2, 0) is 12.8 Å². The molecule has 1 saturated carbocycles. The van der Waals surface area contributed by atoms with E-state index in [0.29, 0.717) is 0 Å². The fourth-order valence-corrected chi connectivity index (χ4v) is 5.17. The van der Waals surface area contributed by atoms with Crippen LogP contribution in [0.25, 0.3) is 0 Å². The molecule has 1 unspecified atom stereocenters. The first-order valence-electron chi connectivity index (χ1n) is 11.6. The summed E-state index contributed by atoms with van der Waals surface area (Å²) in [6, 6.07) is 5.82. The fourth-order valence-electron chi connectivity index (χ4n) is 5.17. The van der Waals surface area contributed by atoms with Gasteiger partial charge in [0.15, 0.2) is 0 Å². The lowest BCUT2D eigenvalue weighted by molar-refractivity contribution is 0.241. The average Bonchev–Trinajstić information content (AvgIpc) is 2.72. The van der Waals surface area contributed by atoms with Crippen molar-refractivity contribution in [1.82, 2.24) is 0 Å². The molecule has 0 nitrogen and oxygen atoms in total. The van der Waals surface area contributed by atoms with Crippen molar-refractivity contribution in [2.75, 3.05) is 0 Å². The summed E-state index contributed by atoms with van der Waals surface area (Å²) in [4.78, 5) is 0. The Labute approximate surface area is 166 Å². The highest BCUT2D eigenvalue weighted by molar-refractivity contribution is 5.25. The van der Waals surface area contributed by atoms with Crippen LogP contribution in [0, 0.1) is 23.6 Å². The minimum atomic E-state index is -0.0272. The topological polar surface area (TPSA) is 0 Å². The number of rotatable bonds is 8. The fraction of sp³-hybridized carbons (Fsp3) is 0.692. The van der Waals surface area contributed by atoms with Crippen molar-refractivity contribution in [1.29, 1.82) is 0 Å². The zero-order valence-electron chi connectivity index (χ0n) is 17.6. The van der Waals surface area contributed by atoms with Crippen molar-refractivity contribution < 1.29 is 4.39 Å². The van der Waals surface area contributed by atoms with Crippen molar-refractivity contribution >= 4 is 0 Å². The largest absolute Gasteiger partial charge is 0.207 e. The summed E-state index contributed by atoms with van der Waals surface area (Å²) < 4.78 is 13.9. The van der Waals surface area contributed by atoms with Gasteiger partial charge < -0.3 is 0 Å². The lowest BCUT2D eigenvalue weighted by Gasteiger charge is -2.29. The normalized spacial score (nSPS) is 26.0. The van der Waals surface area contributed by atoms with Crippen molar-refractivity contribution in [3.8, 4) is 0 Å². The number of halogens is 1. The molecule has 150 valence electrons. The molecule has 0 spiro atoms. The van der Waals surface area contributed by atoms with Crippen LogP contribution in [0.3, 0.4) is 0 Å². The molecule has 0 aromatic heterocycles. The van der Waals surface area contributed by atoms with Gasteiger partial charge >= 0.3 is 0 Å². The van der Waals surface area contributed by atoms with Gasteiger partial charge in [-0.1, -0.05) is 76.2 Å². The molecule has 0 radical (unpaired) electrons. The van der Waals surface area contributed by atoms with E-state index in [9.17, 15) is 4.39 Å². The van der Waals surface area contributed by atoms with E-state index in [1.54, 1.807) is 11.6 Å². The van der Waals surface area contributed by atoms with Gasteiger partial charge in [0.05, 0.1) is 0 Å². The van der Waals surface area contributed by atoms with Gasteiger partial charge in [0, 0.05) is 0 Å². The quantitative estimate of drug-likeness (QED) is 0.406. The summed E-state index contributed by atoms with van der Waals surface area (Å²) in [6.45, 7) is 4.37. The number of hydrogen-bond acceptors (Lipinski definition) is 0. The van der Waals surface area contributed by atoms with Gasteiger partial charge in [0.2, 0.25) is 0 Å². The molecule has 0 heterocycles. The second-order valence-corrected chi connectivity index (χ2v) is 9.15. The number of hydrogen-bond donors (Lipinski definition) is 0. The lowest BCUT2D eigenvalue weighted by atomic mass is 9.76. The second-order valence-electron chi connectivity index (χ2n) is 9.15. The molecule has 1 fully saturated rings. The molecule has 1 atom stereocenters. The van der Waals surface area contributed by atoms with Gasteiger partial charge in [-0.3, -0.25) is 0 Å². The van der Waals surface area contributed by atoms with Crippen molar-refractivity contribution in [2.24, 2.45) is 17.8 Å². The van der Waals surface area contributed by atoms with E-state index in [1.807, 2.05) is 13.0 Å². The smallest absolute Gasteiger partial charge is 0.126 e. The van der Waals surface area contributed by atoms with Crippen LogP contribution < -0.4 is 0 Å². The van der Waals surface area contributed by atoms with Crippen LogP contribution in [0.15, 0.2) is 29.8 Å². The summed E-state index contributed by atoms with van der Waals surface area (Å²) in [5.41, 5.74) is 3.59. The Hall–Kier alpha value is -1.11. The molecule has 0 saturated heterocycles. The first-order chi connectivity index (χ1) is 13.2. The molecule has 0 aliphatic heterocycles. The Balaban J connectivity index is 1.36. The van der Waals surface area contributed by atoms with Gasteiger partial charge in [-0.2, -0.15) is 0 Å². The highest BCUT2D eigenvalue weighted by atomic mass is 19.1. The standard InChI is InChI=1S/C26H39F/c1-3-20-5-7-21(8-6-20)9-10-22-11-13-23(14-12-22)15-16-24-17-18-25(4-2)26(27)19-24/h13,17-22H,3-12,14-16H2,1-2H3/t20-,21-,22?. The molecule has 0 bridgehead atoms. The highest BCUT2D eigenvalue weighted by Gasteiger charge is 2.22. The summed E-state index contributed by atoms with van der Waals surface area (Å²) in [5, 5.41) is 0. The molecule has 27 heavy (non-hydrogen) atoms. The van der Waals surface area contributed by atoms with E-state index >= 15 is 0 Å². The van der Waals surface area contributed by atoms with Crippen LogP contribution in [0.4, 0.5) is 4.39 Å². The van der Waals surface area contributed by atoms with Gasteiger partial charge in [0.25, 0.3) is 0 Å². The summed E-state index contributed by atoms with van der Waals surface area (Å²) in [6.07, 6.45) is 19.5. The average molecular weight is 371 g/mol. The Bertz CT molecular complexity index is 607. The maximum absolute atomic E-state index is 13.9. The predicted molar refractivity (Wildman–Crippen MR) is 114 cm³/mol. The van der Waals surface area contributed by atoms with E-state index in [2.05, 4.69) is 19.1 Å². The molecule has 3 rings (SSSR count). The molecule has 0 amide bonds. The van der Waals surface area contributed by atoms with E-state index in [4.69, 9.17) is 0 Å². The van der Waals surface area contributed by atoms with E-state index < -0.39 is 0 Å². The second kappa shape index (κ2) is 10.4. The van der Waals surface area contributed by atoms with E-state index in [0.717, 1.165) is 48.1 Å². The molecule has 2 aliphatic rings. The van der Waals surface area contributed by atoms with Gasteiger partial charge in [0.1, 0.15) is 5.82 Å². The number of aryl methyl sites for hydroxylation is 2. The van der Waals surface area contributed by atoms with Crippen LogP contribution in [0.5, 0.6) is 0 Å². The third-order valence-electron chi connectivity index (χ3n) is 7.37. The van der Waals surface area contributed by atoms with Gasteiger partial charge in [-0.05, 0) is 79.9 Å². The molecule has 1 aromatic carbocycles. The zero-order chi connectivity index (χ0) is 19.1. The number of allylic oxidation sites excluding steroid dienone is 2. The molecule has 1 heteroatoms. The van der Waals surface area contributed by atoms with E-state index in [-0.39, 0.29) is 5.82 Å². The van der Waals surface area contributed by atoms with Crippen LogP contribution in [-0.4, -0.2) is 0 Å². The summed E-state index contributed by atoms with van der Waals surface area (Å²) >= 11 is 0. The Kier molecular flexibility index (Phi) is 7.97. The van der Waals surface area contributed by atoms with Gasteiger partial charge in [-0.15, -0.1) is 0 Å². The third-order valence-corrected chi connectivity index (χ3v) is 7.37. The first kappa shape index (κ1) is 20.6. The minimum Gasteiger partial charge on any atom is -0.207 e. The Morgan fingerprint density at radius 3 is 2.26 bits per heavy atom. The Morgan fingerprint density at radius 1 is 0.889 bits per heavy atom. The van der Waals surface area contributed by atoms with Crippen molar-refractivity contribution in [3.63, 3.8) is 0 Å². The predicted octanol–water partition coefficient (Wildman–Crippen LogP) is 8.04. The first-order valence-corrected chi connectivity index (χ1v) is 11.6. The molecule has 2 aliphatic carbocycles. The SMILES string of the molecule is CCc1ccc(CCC2=CCC(CC[C@H]3CC[C@H](CC)CC3)CC2)cc1F. The molecular weight excluding hydrogens is 331 g/mol. The van der Waals surface area contributed by atoms with Crippen LogP contribution in [0.1, 0.15) is 95.6 Å². The molecule has 1 aromatic rings. The van der Waals surface area contributed by atoms with Crippen molar-refractivity contribution in [2.45, 2.75) is 97.3 Å². The van der Waals surface area contributed by atoms with Crippen LogP contribution >= 0.6 is 0 Å². The minimum absolute atomic E-state index is 0.0272. The van der Waals surface area contributed by atoms with Crippen LogP contribution in [0.2, 0.25) is 0 Å². The van der Waals surface area contributed by atoms with Crippen molar-refractivity contribution in [3.05, 3.63) is 46.8 Å². The molecule has 0 N–H and O–H groups in total. The molecular formula is C26H39F. The zero-order valence-corrected chi connectivity index (χ0v) is 17.6. The highest BCUT2D eigenvalue weighted by Crippen LogP contribution is 2.36.